The fourth-order valence-electron chi connectivity index (χ4n) is 2.24. The lowest BCUT2D eigenvalue weighted by Gasteiger charge is -2.34. The summed E-state index contributed by atoms with van der Waals surface area (Å²) in [5.74, 6) is 0.571. The minimum Gasteiger partial charge on any atom is -0.381 e. The zero-order valence-corrected chi connectivity index (χ0v) is 7.05. The van der Waals surface area contributed by atoms with E-state index in [0.29, 0.717) is 5.92 Å². The number of nitrogens with zero attached hydrogens (tertiary/aromatic N) is 1. The molecule has 0 aromatic rings. The van der Waals surface area contributed by atoms with E-state index < -0.39 is 0 Å². The average molecular weight is 156 g/mol. The van der Waals surface area contributed by atoms with E-state index in [4.69, 9.17) is 10.5 Å². The lowest BCUT2D eigenvalue weighted by Crippen LogP contribution is -2.52. The van der Waals surface area contributed by atoms with Crippen molar-refractivity contribution in [2.24, 2.45) is 11.7 Å². The number of likely N-dealkylation sites (tertiary alicyclic amines) is 1. The van der Waals surface area contributed by atoms with Crippen LogP contribution in [0.2, 0.25) is 0 Å². The first-order valence-corrected chi connectivity index (χ1v) is 4.26. The highest BCUT2D eigenvalue weighted by Crippen LogP contribution is 2.30. The van der Waals surface area contributed by atoms with Crippen LogP contribution in [0.15, 0.2) is 0 Å². The van der Waals surface area contributed by atoms with E-state index in [2.05, 4.69) is 11.9 Å². The van der Waals surface area contributed by atoms with E-state index in [9.17, 15) is 0 Å². The fraction of sp³-hybridized carbons (Fsp3) is 1.00. The van der Waals surface area contributed by atoms with Gasteiger partial charge in [-0.25, -0.2) is 0 Å². The van der Waals surface area contributed by atoms with E-state index in [0.717, 1.165) is 32.7 Å². The molecule has 2 saturated heterocycles. The van der Waals surface area contributed by atoms with Crippen molar-refractivity contribution >= 4 is 0 Å². The van der Waals surface area contributed by atoms with Crippen LogP contribution in [-0.2, 0) is 4.74 Å². The standard InChI is InChI=1S/C8H16N2O/c1-10-4-7-5-11-3-2-8(7,9)6-10/h7H,2-6,9H2,1H3/t7-,8-/m1/s1. The van der Waals surface area contributed by atoms with Crippen LogP contribution in [0.3, 0.4) is 0 Å². The molecule has 0 aromatic carbocycles. The van der Waals surface area contributed by atoms with Gasteiger partial charge in [0.05, 0.1) is 6.61 Å². The molecule has 3 heteroatoms. The van der Waals surface area contributed by atoms with Gasteiger partial charge in [-0.05, 0) is 13.5 Å². The van der Waals surface area contributed by atoms with Crippen molar-refractivity contribution in [1.82, 2.24) is 4.90 Å². The zero-order valence-electron chi connectivity index (χ0n) is 7.05. The van der Waals surface area contributed by atoms with E-state index in [1.807, 2.05) is 0 Å². The van der Waals surface area contributed by atoms with Gasteiger partial charge in [0.15, 0.2) is 0 Å². The summed E-state index contributed by atoms with van der Waals surface area (Å²) in [7, 11) is 2.13. The number of rotatable bonds is 0. The summed E-state index contributed by atoms with van der Waals surface area (Å²) in [6.45, 7) is 3.86. The van der Waals surface area contributed by atoms with Crippen LogP contribution in [0.25, 0.3) is 0 Å². The number of hydrogen-bond donors (Lipinski definition) is 1. The van der Waals surface area contributed by atoms with Crippen LogP contribution in [0.4, 0.5) is 0 Å². The molecule has 0 spiro atoms. The Balaban J connectivity index is 2.11. The normalized spacial score (nSPS) is 45.8. The molecular formula is C8H16N2O. The van der Waals surface area contributed by atoms with Gasteiger partial charge in [-0.1, -0.05) is 0 Å². The monoisotopic (exact) mass is 156 g/mol. The van der Waals surface area contributed by atoms with Crippen molar-refractivity contribution in [2.45, 2.75) is 12.0 Å². The van der Waals surface area contributed by atoms with Gasteiger partial charge in [0.25, 0.3) is 0 Å². The lowest BCUT2D eigenvalue weighted by molar-refractivity contribution is 0.0241. The summed E-state index contributed by atoms with van der Waals surface area (Å²) in [6.07, 6.45) is 1.03. The van der Waals surface area contributed by atoms with E-state index in [-0.39, 0.29) is 5.54 Å². The first-order valence-electron chi connectivity index (χ1n) is 4.26. The van der Waals surface area contributed by atoms with Crippen molar-refractivity contribution in [3.63, 3.8) is 0 Å². The average Bonchev–Trinajstić information content (AvgIpc) is 2.22. The van der Waals surface area contributed by atoms with Gasteiger partial charge in [0, 0.05) is 31.2 Å². The minimum atomic E-state index is 0.0625. The minimum absolute atomic E-state index is 0.0625. The molecule has 2 aliphatic rings. The Bertz CT molecular complexity index is 162. The number of likely N-dealkylation sites (N-methyl/N-ethyl adjacent to an activating group) is 1. The smallest absolute Gasteiger partial charge is 0.0524 e. The van der Waals surface area contributed by atoms with Crippen molar-refractivity contribution in [3.05, 3.63) is 0 Å². The van der Waals surface area contributed by atoms with Crippen LogP contribution >= 0.6 is 0 Å². The summed E-state index contributed by atoms with van der Waals surface area (Å²) >= 11 is 0. The summed E-state index contributed by atoms with van der Waals surface area (Å²) < 4.78 is 5.39. The van der Waals surface area contributed by atoms with Crippen molar-refractivity contribution < 1.29 is 4.74 Å². The molecule has 64 valence electrons. The number of ether oxygens (including phenoxy) is 1. The van der Waals surface area contributed by atoms with Gasteiger partial charge in [0.2, 0.25) is 0 Å². The van der Waals surface area contributed by atoms with E-state index >= 15 is 0 Å². The molecule has 2 N–H and O–H groups in total. The van der Waals surface area contributed by atoms with Crippen molar-refractivity contribution in [3.8, 4) is 0 Å². The molecular weight excluding hydrogens is 140 g/mol. The predicted octanol–water partition coefficient (Wildman–Crippen LogP) is -0.334. The SMILES string of the molecule is CN1C[C@@H]2COCC[C@@]2(N)C1. The number of fused-ring (bicyclic) bond motifs is 1. The third-order valence-corrected chi connectivity index (χ3v) is 2.94. The largest absolute Gasteiger partial charge is 0.381 e. The third-order valence-electron chi connectivity index (χ3n) is 2.94. The molecule has 2 fully saturated rings. The molecule has 2 aliphatic heterocycles. The summed E-state index contributed by atoms with van der Waals surface area (Å²) in [6, 6.07) is 0. The Hall–Kier alpha value is -0.120. The molecule has 11 heavy (non-hydrogen) atoms. The molecule has 0 radical (unpaired) electrons. The maximum Gasteiger partial charge on any atom is 0.0524 e. The van der Waals surface area contributed by atoms with Gasteiger partial charge >= 0.3 is 0 Å². The number of hydrogen-bond acceptors (Lipinski definition) is 3. The molecule has 2 rings (SSSR count). The lowest BCUT2D eigenvalue weighted by atomic mass is 9.84. The molecule has 3 nitrogen and oxygen atoms in total. The molecule has 0 unspecified atom stereocenters. The van der Waals surface area contributed by atoms with Crippen LogP contribution in [0.1, 0.15) is 6.42 Å². The van der Waals surface area contributed by atoms with E-state index in [1.54, 1.807) is 0 Å². The maximum atomic E-state index is 6.23. The highest BCUT2D eigenvalue weighted by Gasteiger charge is 2.43. The Labute approximate surface area is 67.5 Å². The van der Waals surface area contributed by atoms with Crippen molar-refractivity contribution in [1.29, 1.82) is 0 Å². The Morgan fingerprint density at radius 3 is 3.18 bits per heavy atom. The molecule has 0 saturated carbocycles. The molecule has 0 aliphatic carbocycles. The first kappa shape index (κ1) is 7.53. The quantitative estimate of drug-likeness (QED) is 0.522. The Morgan fingerprint density at radius 1 is 1.64 bits per heavy atom. The molecule has 0 bridgehead atoms. The number of nitrogens with two attached hydrogens (primary N) is 1. The van der Waals surface area contributed by atoms with Crippen LogP contribution in [-0.4, -0.2) is 43.8 Å². The molecule has 0 aromatic heterocycles. The second-order valence-electron chi connectivity index (χ2n) is 3.95. The maximum absolute atomic E-state index is 6.23. The van der Waals surface area contributed by atoms with Crippen LogP contribution < -0.4 is 5.73 Å². The highest BCUT2D eigenvalue weighted by atomic mass is 16.5. The summed E-state index contributed by atoms with van der Waals surface area (Å²) in [4.78, 5) is 2.30. The van der Waals surface area contributed by atoms with Crippen molar-refractivity contribution in [2.75, 3.05) is 33.4 Å². The van der Waals surface area contributed by atoms with Gasteiger partial charge in [-0.15, -0.1) is 0 Å². The van der Waals surface area contributed by atoms with Crippen LogP contribution in [0.5, 0.6) is 0 Å². The van der Waals surface area contributed by atoms with E-state index in [1.165, 1.54) is 0 Å². The second kappa shape index (κ2) is 2.44. The molecule has 2 atom stereocenters. The van der Waals surface area contributed by atoms with Crippen LogP contribution in [0, 0.1) is 5.92 Å². The predicted molar refractivity (Wildman–Crippen MR) is 43.3 cm³/mol. The molecule has 0 amide bonds. The first-order chi connectivity index (χ1) is 5.21. The van der Waals surface area contributed by atoms with Gasteiger partial charge in [-0.3, -0.25) is 0 Å². The third kappa shape index (κ3) is 1.17. The van der Waals surface area contributed by atoms with Gasteiger partial charge < -0.3 is 15.4 Å². The second-order valence-corrected chi connectivity index (χ2v) is 3.95. The fourth-order valence-corrected chi connectivity index (χ4v) is 2.24. The Morgan fingerprint density at radius 2 is 2.45 bits per heavy atom. The highest BCUT2D eigenvalue weighted by molar-refractivity contribution is 5.01. The summed E-state index contributed by atoms with van der Waals surface area (Å²) in [5.41, 5.74) is 6.30. The Kier molecular flexibility index (Phi) is 1.67. The topological polar surface area (TPSA) is 38.5 Å². The summed E-state index contributed by atoms with van der Waals surface area (Å²) in [5, 5.41) is 0. The van der Waals surface area contributed by atoms with Gasteiger partial charge in [-0.2, -0.15) is 0 Å². The van der Waals surface area contributed by atoms with Gasteiger partial charge in [0.1, 0.15) is 0 Å². The molecule has 2 heterocycles. The zero-order chi connectivity index (χ0) is 7.90.